The number of piperidine rings is 1. The first kappa shape index (κ1) is 15.3. The van der Waals surface area contributed by atoms with Gasteiger partial charge in [-0.25, -0.2) is 0 Å². The van der Waals surface area contributed by atoms with Gasteiger partial charge in [-0.1, -0.05) is 6.92 Å². The number of hydrogen-bond donors (Lipinski definition) is 1. The number of nitrogens with zero attached hydrogens (tertiary/aromatic N) is 2. The summed E-state index contributed by atoms with van der Waals surface area (Å²) in [4.78, 5) is 7.01. The normalized spacial score (nSPS) is 18.2. The number of rotatable bonds is 6. The highest BCUT2D eigenvalue weighted by Crippen LogP contribution is 2.21. The molecule has 1 saturated heterocycles. The summed E-state index contributed by atoms with van der Waals surface area (Å²) in [6, 6.07) is 4.66. The van der Waals surface area contributed by atoms with E-state index in [9.17, 15) is 0 Å². The highest BCUT2D eigenvalue weighted by molar-refractivity contribution is 5.45. The predicted molar refractivity (Wildman–Crippen MR) is 83.2 cm³/mol. The van der Waals surface area contributed by atoms with E-state index in [-0.39, 0.29) is 0 Å². The number of anilines is 1. The smallest absolute Gasteiger partial charge is 0.0605 e. The van der Waals surface area contributed by atoms with Gasteiger partial charge in [-0.05, 0) is 44.9 Å². The first-order valence-corrected chi connectivity index (χ1v) is 7.71. The average molecular weight is 277 g/mol. The lowest BCUT2D eigenvalue weighted by Crippen LogP contribution is -2.36. The zero-order chi connectivity index (χ0) is 14.4. The quantitative estimate of drug-likeness (QED) is 0.867. The van der Waals surface area contributed by atoms with E-state index in [0.717, 1.165) is 44.6 Å². The molecule has 112 valence electrons. The molecule has 1 atom stereocenters. The van der Waals surface area contributed by atoms with Gasteiger partial charge in [0.25, 0.3) is 0 Å². The molecule has 1 aliphatic rings. The Hall–Kier alpha value is -1.13. The van der Waals surface area contributed by atoms with Crippen LogP contribution in [0.25, 0.3) is 0 Å². The summed E-state index contributed by atoms with van der Waals surface area (Å²) in [5, 5.41) is 3.47. The first-order valence-electron chi connectivity index (χ1n) is 7.71. The molecule has 0 aliphatic carbocycles. The van der Waals surface area contributed by atoms with Gasteiger partial charge < -0.3 is 15.0 Å². The Kier molecular flexibility index (Phi) is 5.80. The molecule has 1 aromatic heterocycles. The lowest BCUT2D eigenvalue weighted by Gasteiger charge is -2.32. The third-order valence-corrected chi connectivity index (χ3v) is 4.06. The molecule has 1 aromatic rings. The number of methoxy groups -OCH3 is 1. The maximum Gasteiger partial charge on any atom is 0.0605 e. The number of ether oxygens (including phenoxy) is 1. The molecule has 20 heavy (non-hydrogen) atoms. The van der Waals surface area contributed by atoms with Crippen molar-refractivity contribution in [3.63, 3.8) is 0 Å². The van der Waals surface area contributed by atoms with Crippen LogP contribution >= 0.6 is 0 Å². The molecule has 0 bridgehead atoms. The van der Waals surface area contributed by atoms with Gasteiger partial charge in [0.05, 0.1) is 23.7 Å². The molecule has 1 aliphatic heterocycles. The Morgan fingerprint density at radius 2 is 2.15 bits per heavy atom. The van der Waals surface area contributed by atoms with Crippen LogP contribution in [0.4, 0.5) is 5.69 Å². The van der Waals surface area contributed by atoms with Crippen LogP contribution in [0.3, 0.4) is 0 Å². The summed E-state index contributed by atoms with van der Waals surface area (Å²) in [5.41, 5.74) is 2.35. The zero-order valence-electron chi connectivity index (χ0n) is 12.9. The van der Waals surface area contributed by atoms with Crippen LogP contribution in [-0.4, -0.2) is 37.8 Å². The lowest BCUT2D eigenvalue weighted by atomic mass is 10.1. The molecule has 1 fully saturated rings. The highest BCUT2D eigenvalue weighted by atomic mass is 16.5. The SMILES string of the molecule is CCCNC(C)c1ccc(N2CCC(OC)CC2)cn1. The van der Waals surface area contributed by atoms with Gasteiger partial charge in [0.2, 0.25) is 0 Å². The van der Waals surface area contributed by atoms with Crippen molar-refractivity contribution in [2.24, 2.45) is 0 Å². The van der Waals surface area contributed by atoms with Gasteiger partial charge in [0, 0.05) is 26.2 Å². The molecule has 1 N–H and O–H groups in total. The van der Waals surface area contributed by atoms with Crippen LogP contribution in [-0.2, 0) is 4.74 Å². The van der Waals surface area contributed by atoms with Gasteiger partial charge >= 0.3 is 0 Å². The number of hydrogen-bond acceptors (Lipinski definition) is 4. The highest BCUT2D eigenvalue weighted by Gasteiger charge is 2.19. The minimum atomic E-state index is 0.322. The van der Waals surface area contributed by atoms with Crippen molar-refractivity contribution in [3.05, 3.63) is 24.0 Å². The molecule has 2 rings (SSSR count). The number of nitrogens with one attached hydrogen (secondary N) is 1. The van der Waals surface area contributed by atoms with Crippen molar-refractivity contribution in [2.75, 3.05) is 31.6 Å². The lowest BCUT2D eigenvalue weighted by molar-refractivity contribution is 0.0819. The molecule has 0 amide bonds. The maximum atomic E-state index is 5.41. The molecule has 0 saturated carbocycles. The number of aromatic nitrogens is 1. The Labute approximate surface area is 122 Å². The van der Waals surface area contributed by atoms with Crippen molar-refractivity contribution in [3.8, 4) is 0 Å². The number of pyridine rings is 1. The van der Waals surface area contributed by atoms with Crippen molar-refractivity contribution in [1.29, 1.82) is 0 Å². The summed E-state index contributed by atoms with van der Waals surface area (Å²) < 4.78 is 5.41. The Morgan fingerprint density at radius 3 is 2.70 bits per heavy atom. The van der Waals surface area contributed by atoms with Gasteiger partial charge in [-0.3, -0.25) is 4.98 Å². The van der Waals surface area contributed by atoms with Crippen molar-refractivity contribution in [1.82, 2.24) is 10.3 Å². The van der Waals surface area contributed by atoms with Crippen molar-refractivity contribution < 1.29 is 4.74 Å². The topological polar surface area (TPSA) is 37.4 Å². The minimum absolute atomic E-state index is 0.322. The second kappa shape index (κ2) is 7.60. The molecule has 2 heterocycles. The van der Waals surface area contributed by atoms with Gasteiger partial charge in [0.1, 0.15) is 0 Å². The third kappa shape index (κ3) is 3.93. The molecule has 4 nitrogen and oxygen atoms in total. The Bertz CT molecular complexity index is 385. The monoisotopic (exact) mass is 277 g/mol. The fourth-order valence-electron chi connectivity index (χ4n) is 2.66. The summed E-state index contributed by atoms with van der Waals surface area (Å²) in [5.74, 6) is 0. The van der Waals surface area contributed by atoms with Gasteiger partial charge in [0.15, 0.2) is 0 Å². The predicted octanol–water partition coefficient (Wildman–Crippen LogP) is 2.76. The maximum absolute atomic E-state index is 5.41. The molecule has 0 spiro atoms. The fourth-order valence-corrected chi connectivity index (χ4v) is 2.66. The van der Waals surface area contributed by atoms with Crippen LogP contribution < -0.4 is 10.2 Å². The summed E-state index contributed by atoms with van der Waals surface area (Å²) in [6.45, 7) is 7.50. The Morgan fingerprint density at radius 1 is 1.40 bits per heavy atom. The minimum Gasteiger partial charge on any atom is -0.381 e. The molecule has 1 unspecified atom stereocenters. The van der Waals surface area contributed by atoms with E-state index < -0.39 is 0 Å². The third-order valence-electron chi connectivity index (χ3n) is 4.06. The summed E-state index contributed by atoms with van der Waals surface area (Å²) in [7, 11) is 1.81. The second-order valence-corrected chi connectivity index (χ2v) is 5.54. The average Bonchev–Trinajstić information content (AvgIpc) is 2.53. The van der Waals surface area contributed by atoms with Gasteiger partial charge in [-0.2, -0.15) is 0 Å². The molecular formula is C16H27N3O. The van der Waals surface area contributed by atoms with E-state index in [0.29, 0.717) is 12.1 Å². The molecule has 0 aromatic carbocycles. The summed E-state index contributed by atoms with van der Waals surface area (Å²) in [6.07, 6.45) is 5.79. The second-order valence-electron chi connectivity index (χ2n) is 5.54. The van der Waals surface area contributed by atoms with E-state index in [1.807, 2.05) is 6.20 Å². The van der Waals surface area contributed by atoms with Crippen LogP contribution in [0.15, 0.2) is 18.3 Å². The van der Waals surface area contributed by atoms with Crippen LogP contribution in [0, 0.1) is 0 Å². The van der Waals surface area contributed by atoms with Crippen molar-refractivity contribution in [2.45, 2.75) is 45.3 Å². The van der Waals surface area contributed by atoms with E-state index in [1.54, 1.807) is 7.11 Å². The first-order chi connectivity index (χ1) is 9.74. The Balaban J connectivity index is 1.91. The standard InChI is InChI=1S/C16H27N3O/c1-4-9-17-13(2)16-6-5-14(12-18-16)19-10-7-15(20-3)8-11-19/h5-6,12-13,15,17H,4,7-11H2,1-3H3. The van der Waals surface area contributed by atoms with E-state index in [1.165, 1.54) is 5.69 Å². The van der Waals surface area contributed by atoms with Crippen LogP contribution in [0.5, 0.6) is 0 Å². The van der Waals surface area contributed by atoms with E-state index in [2.05, 4.69) is 41.2 Å². The van der Waals surface area contributed by atoms with Crippen LogP contribution in [0.1, 0.15) is 44.8 Å². The summed E-state index contributed by atoms with van der Waals surface area (Å²) >= 11 is 0. The molecule has 4 heteroatoms. The zero-order valence-corrected chi connectivity index (χ0v) is 12.9. The van der Waals surface area contributed by atoms with E-state index in [4.69, 9.17) is 4.74 Å². The van der Waals surface area contributed by atoms with E-state index >= 15 is 0 Å². The van der Waals surface area contributed by atoms with Crippen LogP contribution in [0.2, 0.25) is 0 Å². The van der Waals surface area contributed by atoms with Gasteiger partial charge in [-0.15, -0.1) is 0 Å². The fraction of sp³-hybridized carbons (Fsp3) is 0.688. The largest absolute Gasteiger partial charge is 0.381 e. The molecule has 0 radical (unpaired) electrons. The molecular weight excluding hydrogens is 250 g/mol. The van der Waals surface area contributed by atoms with Crippen molar-refractivity contribution >= 4 is 5.69 Å².